The topological polar surface area (TPSA) is 42.0 Å². The van der Waals surface area contributed by atoms with Crippen molar-refractivity contribution >= 4 is 17.2 Å². The van der Waals surface area contributed by atoms with Gasteiger partial charge in [-0.1, -0.05) is 0 Å². The number of carbonyl (C=O) groups is 1. The van der Waals surface area contributed by atoms with E-state index in [9.17, 15) is 4.79 Å². The van der Waals surface area contributed by atoms with Crippen LogP contribution in [0.5, 0.6) is 0 Å². The number of amides is 1. The van der Waals surface area contributed by atoms with Gasteiger partial charge in [0, 0.05) is 33.3 Å². The molecular weight excluding hydrogens is 300 g/mol. The van der Waals surface area contributed by atoms with E-state index in [2.05, 4.69) is 10.3 Å². The summed E-state index contributed by atoms with van der Waals surface area (Å²) in [6.45, 7) is 6.60. The van der Waals surface area contributed by atoms with Gasteiger partial charge >= 0.3 is 0 Å². The molecule has 0 aliphatic carbocycles. The SMILES string of the molecule is COCCOCCN1CCCN(C(=O)Cc2ccsc2)CC1. The molecule has 1 aromatic heterocycles. The lowest BCUT2D eigenvalue weighted by Gasteiger charge is -2.22. The van der Waals surface area contributed by atoms with Crippen LogP contribution < -0.4 is 0 Å². The molecule has 1 aliphatic rings. The van der Waals surface area contributed by atoms with Gasteiger partial charge in [0.25, 0.3) is 0 Å². The lowest BCUT2D eigenvalue weighted by molar-refractivity contribution is -0.130. The fourth-order valence-electron chi connectivity index (χ4n) is 2.56. The smallest absolute Gasteiger partial charge is 0.227 e. The van der Waals surface area contributed by atoms with Gasteiger partial charge in [-0.25, -0.2) is 0 Å². The summed E-state index contributed by atoms with van der Waals surface area (Å²) >= 11 is 1.65. The summed E-state index contributed by atoms with van der Waals surface area (Å²) in [7, 11) is 1.68. The van der Waals surface area contributed by atoms with Gasteiger partial charge in [-0.2, -0.15) is 11.3 Å². The largest absolute Gasteiger partial charge is 0.382 e. The highest BCUT2D eigenvalue weighted by Crippen LogP contribution is 2.10. The van der Waals surface area contributed by atoms with Gasteiger partial charge in [0.1, 0.15) is 0 Å². The van der Waals surface area contributed by atoms with Crippen molar-refractivity contribution in [3.63, 3.8) is 0 Å². The predicted molar refractivity (Wildman–Crippen MR) is 88.4 cm³/mol. The van der Waals surface area contributed by atoms with Crippen LogP contribution in [0.1, 0.15) is 12.0 Å². The van der Waals surface area contributed by atoms with E-state index < -0.39 is 0 Å². The Balaban J connectivity index is 1.67. The molecule has 124 valence electrons. The fourth-order valence-corrected chi connectivity index (χ4v) is 3.23. The van der Waals surface area contributed by atoms with Crippen molar-refractivity contribution in [2.75, 3.05) is 59.7 Å². The maximum Gasteiger partial charge on any atom is 0.227 e. The van der Waals surface area contributed by atoms with E-state index in [1.165, 1.54) is 0 Å². The maximum absolute atomic E-state index is 12.3. The summed E-state index contributed by atoms with van der Waals surface area (Å²) in [4.78, 5) is 16.7. The van der Waals surface area contributed by atoms with Gasteiger partial charge in [0.15, 0.2) is 0 Å². The summed E-state index contributed by atoms with van der Waals surface area (Å²) in [6.07, 6.45) is 1.57. The van der Waals surface area contributed by atoms with Crippen molar-refractivity contribution in [1.29, 1.82) is 0 Å². The predicted octanol–water partition coefficient (Wildman–Crippen LogP) is 1.49. The standard InChI is InChI=1S/C16H26N2O3S/c1-20-10-11-21-9-8-17-4-2-5-18(7-6-17)16(19)13-15-3-12-22-14-15/h3,12,14H,2,4-11,13H2,1H3. The molecule has 2 rings (SSSR count). The van der Waals surface area contributed by atoms with Crippen LogP contribution in [-0.2, 0) is 20.7 Å². The van der Waals surface area contributed by atoms with Crippen molar-refractivity contribution in [2.24, 2.45) is 0 Å². The Morgan fingerprint density at radius 3 is 2.91 bits per heavy atom. The average Bonchev–Trinajstić information content (AvgIpc) is 2.90. The summed E-state index contributed by atoms with van der Waals surface area (Å²) < 4.78 is 10.5. The summed E-state index contributed by atoms with van der Waals surface area (Å²) in [5.41, 5.74) is 1.13. The molecule has 1 saturated heterocycles. The molecule has 1 amide bonds. The number of nitrogens with zero attached hydrogens (tertiary/aromatic N) is 2. The van der Waals surface area contributed by atoms with E-state index in [1.807, 2.05) is 16.3 Å². The molecule has 0 spiro atoms. The van der Waals surface area contributed by atoms with Crippen LogP contribution in [0.2, 0.25) is 0 Å². The first-order chi connectivity index (χ1) is 10.8. The van der Waals surface area contributed by atoms with E-state index in [0.29, 0.717) is 19.6 Å². The van der Waals surface area contributed by atoms with Gasteiger partial charge in [0.2, 0.25) is 5.91 Å². The number of hydrogen-bond acceptors (Lipinski definition) is 5. The van der Waals surface area contributed by atoms with Crippen molar-refractivity contribution in [2.45, 2.75) is 12.8 Å². The first-order valence-corrected chi connectivity index (χ1v) is 8.82. The summed E-state index contributed by atoms with van der Waals surface area (Å²) in [5, 5.41) is 4.08. The number of methoxy groups -OCH3 is 1. The molecule has 0 saturated carbocycles. The third-order valence-corrected chi connectivity index (χ3v) is 4.59. The van der Waals surface area contributed by atoms with Crippen molar-refractivity contribution in [3.05, 3.63) is 22.4 Å². The highest BCUT2D eigenvalue weighted by molar-refractivity contribution is 7.07. The zero-order valence-electron chi connectivity index (χ0n) is 13.3. The minimum Gasteiger partial charge on any atom is -0.382 e. The quantitative estimate of drug-likeness (QED) is 0.679. The molecule has 0 N–H and O–H groups in total. The van der Waals surface area contributed by atoms with Crippen LogP contribution in [0.3, 0.4) is 0 Å². The van der Waals surface area contributed by atoms with E-state index in [1.54, 1.807) is 18.4 Å². The molecule has 0 unspecified atom stereocenters. The molecule has 1 aliphatic heterocycles. The third-order valence-electron chi connectivity index (χ3n) is 3.86. The van der Waals surface area contributed by atoms with Crippen LogP contribution in [0.25, 0.3) is 0 Å². The Kier molecular flexibility index (Phi) is 7.87. The summed E-state index contributed by atoms with van der Waals surface area (Å²) in [5.74, 6) is 0.247. The molecule has 6 heteroatoms. The first kappa shape index (κ1) is 17.4. The lowest BCUT2D eigenvalue weighted by atomic mass is 10.2. The van der Waals surface area contributed by atoms with Crippen LogP contribution in [-0.4, -0.2) is 75.4 Å². The number of ether oxygens (including phenoxy) is 2. The van der Waals surface area contributed by atoms with Gasteiger partial charge in [0.05, 0.1) is 26.2 Å². The number of carbonyl (C=O) groups excluding carboxylic acids is 1. The van der Waals surface area contributed by atoms with Crippen molar-refractivity contribution < 1.29 is 14.3 Å². The Bertz CT molecular complexity index is 425. The van der Waals surface area contributed by atoms with Gasteiger partial charge in [-0.05, 0) is 35.4 Å². The Hall–Kier alpha value is -0.950. The average molecular weight is 326 g/mol. The fraction of sp³-hybridized carbons (Fsp3) is 0.688. The van der Waals surface area contributed by atoms with Crippen molar-refractivity contribution in [1.82, 2.24) is 9.80 Å². The molecule has 22 heavy (non-hydrogen) atoms. The normalized spacial score (nSPS) is 16.7. The molecule has 0 atom stereocenters. The Labute approximate surface area is 136 Å². The van der Waals surface area contributed by atoms with Crippen molar-refractivity contribution in [3.8, 4) is 0 Å². The third kappa shape index (κ3) is 6.04. The second kappa shape index (κ2) is 9.94. The van der Waals surface area contributed by atoms with E-state index >= 15 is 0 Å². The second-order valence-corrected chi connectivity index (χ2v) is 6.27. The second-order valence-electron chi connectivity index (χ2n) is 5.49. The molecule has 5 nitrogen and oxygen atoms in total. The number of rotatable bonds is 8. The maximum atomic E-state index is 12.3. The molecule has 0 aromatic carbocycles. The highest BCUT2D eigenvalue weighted by Gasteiger charge is 2.19. The minimum atomic E-state index is 0.247. The number of thiophene rings is 1. The van der Waals surface area contributed by atoms with Gasteiger partial charge < -0.3 is 14.4 Å². The molecule has 2 heterocycles. The van der Waals surface area contributed by atoms with Crippen LogP contribution in [0, 0.1) is 0 Å². The molecule has 0 radical (unpaired) electrons. The highest BCUT2D eigenvalue weighted by atomic mass is 32.1. The Morgan fingerprint density at radius 1 is 1.23 bits per heavy atom. The first-order valence-electron chi connectivity index (χ1n) is 7.87. The van der Waals surface area contributed by atoms with E-state index in [-0.39, 0.29) is 5.91 Å². The summed E-state index contributed by atoms with van der Waals surface area (Å²) in [6, 6.07) is 2.03. The molecule has 1 aromatic rings. The van der Waals surface area contributed by atoms with Gasteiger partial charge in [-0.3, -0.25) is 9.69 Å². The van der Waals surface area contributed by atoms with Gasteiger partial charge in [-0.15, -0.1) is 0 Å². The van der Waals surface area contributed by atoms with Crippen LogP contribution in [0.15, 0.2) is 16.8 Å². The number of hydrogen-bond donors (Lipinski definition) is 0. The zero-order valence-corrected chi connectivity index (χ0v) is 14.1. The Morgan fingerprint density at radius 2 is 2.14 bits per heavy atom. The molecule has 0 bridgehead atoms. The van der Waals surface area contributed by atoms with E-state index in [0.717, 1.165) is 51.3 Å². The molecular formula is C16H26N2O3S. The monoisotopic (exact) mass is 326 g/mol. The molecule has 1 fully saturated rings. The lowest BCUT2D eigenvalue weighted by Crippen LogP contribution is -2.36. The van der Waals surface area contributed by atoms with E-state index in [4.69, 9.17) is 9.47 Å². The minimum absolute atomic E-state index is 0.247. The van der Waals surface area contributed by atoms with Crippen LogP contribution >= 0.6 is 11.3 Å². The van der Waals surface area contributed by atoms with Crippen LogP contribution in [0.4, 0.5) is 0 Å². The zero-order chi connectivity index (χ0) is 15.6.